The Hall–Kier alpha value is -0.950. The number of hydrogen-bond acceptors (Lipinski definition) is 3. The molecule has 0 saturated carbocycles. The molecule has 0 fully saturated rings. The van der Waals surface area contributed by atoms with Gasteiger partial charge in [-0.05, 0) is 33.9 Å². The summed E-state index contributed by atoms with van der Waals surface area (Å²) in [5.41, 5.74) is 2.31. The van der Waals surface area contributed by atoms with E-state index in [0.29, 0.717) is 6.42 Å². The Morgan fingerprint density at radius 1 is 1.57 bits per heavy atom. The normalized spacial score (nSPS) is 14.2. The molecule has 0 amide bonds. The van der Waals surface area contributed by atoms with Crippen molar-refractivity contribution in [2.24, 2.45) is 0 Å². The van der Waals surface area contributed by atoms with E-state index in [2.05, 4.69) is 25.1 Å². The number of hydrogen-bond donors (Lipinski definition) is 0. The molecule has 1 atom stereocenters. The van der Waals surface area contributed by atoms with E-state index in [0.717, 1.165) is 37.2 Å². The van der Waals surface area contributed by atoms with E-state index >= 15 is 0 Å². The lowest BCUT2D eigenvalue weighted by Crippen LogP contribution is -2.06. The Bertz CT molecular complexity index is 354. The minimum atomic E-state index is 0.558. The van der Waals surface area contributed by atoms with Gasteiger partial charge >= 0.3 is 0 Å². The highest BCUT2D eigenvalue weighted by Crippen LogP contribution is 2.28. The first-order valence-electron chi connectivity index (χ1n) is 4.76. The first kappa shape index (κ1) is 9.60. The van der Waals surface area contributed by atoms with Crippen LogP contribution in [0.25, 0.3) is 0 Å². The van der Waals surface area contributed by atoms with E-state index in [1.807, 2.05) is 6.07 Å². The number of rotatable bonds is 3. The fraction of sp³-hybridized carbons (Fsp3) is 0.400. The molecule has 0 spiro atoms. The molecule has 0 N–H and O–H groups in total. The molecule has 0 saturated heterocycles. The standard InChI is InChI=1S/C10H13N2OP/c13-7-1-2-9-4-3-8-5-6-12(14)10(8)11-9/h3-4,7H,1-2,5-6,14H2. The van der Waals surface area contributed by atoms with E-state index < -0.39 is 0 Å². The molecule has 1 aromatic rings. The number of fused-ring (bicyclic) bond motifs is 1. The van der Waals surface area contributed by atoms with Gasteiger partial charge in [-0.25, -0.2) is 4.98 Å². The summed E-state index contributed by atoms with van der Waals surface area (Å²) in [6, 6.07) is 4.14. The van der Waals surface area contributed by atoms with Gasteiger partial charge < -0.3 is 9.46 Å². The zero-order chi connectivity index (χ0) is 9.97. The smallest absolute Gasteiger partial charge is 0.134 e. The number of aryl methyl sites for hydroxylation is 1. The summed E-state index contributed by atoms with van der Waals surface area (Å²) in [6.45, 7) is 1.02. The summed E-state index contributed by atoms with van der Waals surface area (Å²) in [7, 11) is 2.67. The monoisotopic (exact) mass is 208 g/mol. The van der Waals surface area contributed by atoms with Crippen LogP contribution in [0.2, 0.25) is 0 Å². The van der Waals surface area contributed by atoms with Crippen LogP contribution in [0.5, 0.6) is 0 Å². The van der Waals surface area contributed by atoms with Gasteiger partial charge in [0.05, 0.1) is 0 Å². The van der Waals surface area contributed by atoms with Crippen LogP contribution in [0, 0.1) is 0 Å². The van der Waals surface area contributed by atoms with Gasteiger partial charge in [-0.1, -0.05) is 6.07 Å². The summed E-state index contributed by atoms with van der Waals surface area (Å²) in [4.78, 5) is 14.8. The quantitative estimate of drug-likeness (QED) is 0.555. The van der Waals surface area contributed by atoms with Crippen molar-refractivity contribution in [3.05, 3.63) is 23.4 Å². The highest BCUT2D eigenvalue weighted by Gasteiger charge is 2.17. The van der Waals surface area contributed by atoms with Crippen LogP contribution in [0.1, 0.15) is 17.7 Å². The molecule has 2 heterocycles. The fourth-order valence-corrected chi connectivity index (χ4v) is 2.01. The van der Waals surface area contributed by atoms with Crippen molar-refractivity contribution in [3.63, 3.8) is 0 Å². The molecular weight excluding hydrogens is 195 g/mol. The van der Waals surface area contributed by atoms with Crippen LogP contribution in [0.3, 0.4) is 0 Å². The first-order chi connectivity index (χ1) is 6.81. The topological polar surface area (TPSA) is 33.2 Å². The molecular formula is C10H13N2OP. The van der Waals surface area contributed by atoms with E-state index in [-0.39, 0.29) is 0 Å². The van der Waals surface area contributed by atoms with Crippen LogP contribution in [-0.4, -0.2) is 17.8 Å². The molecule has 0 aliphatic carbocycles. The van der Waals surface area contributed by atoms with Crippen LogP contribution in [0.15, 0.2) is 12.1 Å². The van der Waals surface area contributed by atoms with Crippen molar-refractivity contribution in [2.45, 2.75) is 19.3 Å². The molecule has 74 valence electrons. The Kier molecular flexibility index (Phi) is 2.78. The van der Waals surface area contributed by atoms with Gasteiger partial charge in [-0.3, -0.25) is 0 Å². The number of anilines is 1. The summed E-state index contributed by atoms with van der Waals surface area (Å²) < 4.78 is 2.08. The maximum Gasteiger partial charge on any atom is 0.134 e. The Balaban J connectivity index is 2.21. The Morgan fingerprint density at radius 2 is 2.43 bits per heavy atom. The van der Waals surface area contributed by atoms with Crippen LogP contribution in [0.4, 0.5) is 5.82 Å². The second-order valence-electron chi connectivity index (χ2n) is 3.43. The molecule has 1 unspecified atom stereocenters. The zero-order valence-electron chi connectivity index (χ0n) is 7.94. The maximum absolute atomic E-state index is 10.2. The van der Waals surface area contributed by atoms with Gasteiger partial charge in [-0.2, -0.15) is 0 Å². The van der Waals surface area contributed by atoms with E-state index in [4.69, 9.17) is 0 Å². The number of aromatic nitrogens is 1. The van der Waals surface area contributed by atoms with Gasteiger partial charge in [0.25, 0.3) is 0 Å². The van der Waals surface area contributed by atoms with Crippen molar-refractivity contribution in [1.82, 2.24) is 4.98 Å². The predicted octanol–water partition coefficient (Wildman–Crippen LogP) is 1.37. The number of carbonyl (C=O) groups is 1. The third-order valence-corrected chi connectivity index (χ3v) is 2.93. The number of carbonyl (C=O) groups excluding carboxylic acids is 1. The summed E-state index contributed by atoms with van der Waals surface area (Å²) >= 11 is 0. The van der Waals surface area contributed by atoms with Crippen molar-refractivity contribution in [1.29, 1.82) is 0 Å². The summed E-state index contributed by atoms with van der Waals surface area (Å²) in [5.74, 6) is 1.05. The SMILES string of the molecule is O=CCCc1ccc2c(n1)N(P)CC2. The van der Waals surface area contributed by atoms with Crippen LogP contribution >= 0.6 is 9.39 Å². The predicted molar refractivity (Wildman–Crippen MR) is 59.4 cm³/mol. The molecule has 4 heteroatoms. The molecule has 3 nitrogen and oxygen atoms in total. The van der Waals surface area contributed by atoms with Gasteiger partial charge in [-0.15, -0.1) is 0 Å². The number of nitrogens with zero attached hydrogens (tertiary/aromatic N) is 2. The lowest BCUT2D eigenvalue weighted by molar-refractivity contribution is -0.107. The summed E-state index contributed by atoms with van der Waals surface area (Å²) in [5, 5.41) is 0. The van der Waals surface area contributed by atoms with Crippen molar-refractivity contribution in [3.8, 4) is 0 Å². The average molecular weight is 208 g/mol. The van der Waals surface area contributed by atoms with E-state index in [1.165, 1.54) is 5.56 Å². The molecule has 0 bridgehead atoms. The second-order valence-corrected chi connectivity index (χ2v) is 4.06. The van der Waals surface area contributed by atoms with Crippen LogP contribution < -0.4 is 4.67 Å². The van der Waals surface area contributed by atoms with E-state index in [9.17, 15) is 4.79 Å². The molecule has 14 heavy (non-hydrogen) atoms. The zero-order valence-corrected chi connectivity index (χ0v) is 9.10. The van der Waals surface area contributed by atoms with Crippen molar-refractivity contribution in [2.75, 3.05) is 11.2 Å². The highest BCUT2D eigenvalue weighted by atomic mass is 31.0. The highest BCUT2D eigenvalue weighted by molar-refractivity contribution is 7.19. The van der Waals surface area contributed by atoms with Gasteiger partial charge in [0.2, 0.25) is 0 Å². The second kappa shape index (κ2) is 4.05. The summed E-state index contributed by atoms with van der Waals surface area (Å²) in [6.07, 6.45) is 3.31. The molecule has 1 aromatic heterocycles. The largest absolute Gasteiger partial charge is 0.341 e. The number of pyridine rings is 1. The van der Waals surface area contributed by atoms with Crippen molar-refractivity contribution >= 4 is 21.5 Å². The first-order valence-corrected chi connectivity index (χ1v) is 5.27. The minimum Gasteiger partial charge on any atom is -0.341 e. The molecule has 0 aromatic carbocycles. The third kappa shape index (κ3) is 1.78. The van der Waals surface area contributed by atoms with Gasteiger partial charge in [0.1, 0.15) is 12.1 Å². The Labute approximate surface area is 85.8 Å². The molecule has 2 rings (SSSR count). The number of aldehydes is 1. The van der Waals surface area contributed by atoms with Gasteiger partial charge in [0, 0.05) is 18.7 Å². The maximum atomic E-state index is 10.2. The molecule has 1 aliphatic heterocycles. The van der Waals surface area contributed by atoms with E-state index in [1.54, 1.807) is 0 Å². The molecule has 0 radical (unpaired) electrons. The van der Waals surface area contributed by atoms with Gasteiger partial charge in [0.15, 0.2) is 0 Å². The van der Waals surface area contributed by atoms with Crippen molar-refractivity contribution < 1.29 is 4.79 Å². The molecule has 1 aliphatic rings. The Morgan fingerprint density at radius 3 is 3.21 bits per heavy atom. The third-order valence-electron chi connectivity index (χ3n) is 2.43. The lowest BCUT2D eigenvalue weighted by atomic mass is 10.2. The minimum absolute atomic E-state index is 0.558. The average Bonchev–Trinajstić information content (AvgIpc) is 2.57. The lowest BCUT2D eigenvalue weighted by Gasteiger charge is -2.10. The fourth-order valence-electron chi connectivity index (χ4n) is 1.65. The van der Waals surface area contributed by atoms with Crippen LogP contribution in [-0.2, 0) is 17.6 Å².